The molecular formula is C19H17FN2O4S. The molecule has 8 heteroatoms. The molecule has 0 atom stereocenters. The molecule has 0 saturated heterocycles. The zero-order valence-corrected chi connectivity index (χ0v) is 15.2. The van der Waals surface area contributed by atoms with E-state index in [4.69, 9.17) is 9.47 Å². The molecule has 0 radical (unpaired) electrons. The van der Waals surface area contributed by atoms with E-state index in [0.717, 1.165) is 12.1 Å². The lowest BCUT2D eigenvalue weighted by Gasteiger charge is -2.09. The second-order valence-corrected chi connectivity index (χ2v) is 7.33. The standard InChI is InChI=1S/C19H17FN2O4S/c1-25-16-4-6-17(7-5-16)26-19-12-14(10-11-21-19)13-22-27(23,24)18-8-2-15(20)3-9-18/h2-12,22H,13H2,1H3. The van der Waals surface area contributed by atoms with Crippen LogP contribution in [0.1, 0.15) is 5.56 Å². The van der Waals surface area contributed by atoms with E-state index in [1.54, 1.807) is 43.5 Å². The van der Waals surface area contributed by atoms with E-state index >= 15 is 0 Å². The highest BCUT2D eigenvalue weighted by Crippen LogP contribution is 2.23. The van der Waals surface area contributed by atoms with E-state index in [2.05, 4.69) is 9.71 Å². The van der Waals surface area contributed by atoms with Crippen LogP contribution in [0.5, 0.6) is 17.4 Å². The minimum atomic E-state index is -3.75. The molecule has 0 bridgehead atoms. The zero-order chi connectivity index (χ0) is 19.3. The molecule has 2 aromatic carbocycles. The average Bonchev–Trinajstić information content (AvgIpc) is 2.68. The molecule has 0 amide bonds. The molecule has 1 heterocycles. The predicted octanol–water partition coefficient (Wildman–Crippen LogP) is 3.50. The maximum absolute atomic E-state index is 12.9. The topological polar surface area (TPSA) is 77.5 Å². The van der Waals surface area contributed by atoms with Crippen molar-refractivity contribution in [3.8, 4) is 17.4 Å². The van der Waals surface area contributed by atoms with Crippen LogP contribution in [0, 0.1) is 5.82 Å². The lowest BCUT2D eigenvalue weighted by atomic mass is 10.3. The van der Waals surface area contributed by atoms with Crippen molar-refractivity contribution >= 4 is 10.0 Å². The van der Waals surface area contributed by atoms with Crippen molar-refractivity contribution in [2.75, 3.05) is 7.11 Å². The Morgan fingerprint density at radius 1 is 1.00 bits per heavy atom. The number of pyridine rings is 1. The van der Waals surface area contributed by atoms with E-state index in [1.165, 1.54) is 18.3 Å². The van der Waals surface area contributed by atoms with Gasteiger partial charge in [0, 0.05) is 18.8 Å². The molecule has 0 aliphatic heterocycles. The fourth-order valence-corrected chi connectivity index (χ4v) is 3.27. The first kappa shape index (κ1) is 18.8. The predicted molar refractivity (Wildman–Crippen MR) is 97.7 cm³/mol. The quantitative estimate of drug-likeness (QED) is 0.670. The first-order valence-corrected chi connectivity index (χ1v) is 9.47. The van der Waals surface area contributed by atoms with Crippen molar-refractivity contribution in [3.63, 3.8) is 0 Å². The number of nitrogens with one attached hydrogen (secondary N) is 1. The van der Waals surface area contributed by atoms with Crippen LogP contribution in [-0.2, 0) is 16.6 Å². The van der Waals surface area contributed by atoms with Crippen LogP contribution in [0.2, 0.25) is 0 Å². The highest BCUT2D eigenvalue weighted by atomic mass is 32.2. The van der Waals surface area contributed by atoms with Gasteiger partial charge in [-0.25, -0.2) is 22.5 Å². The molecule has 0 fully saturated rings. The molecule has 0 aliphatic rings. The second-order valence-electron chi connectivity index (χ2n) is 5.56. The van der Waals surface area contributed by atoms with Crippen molar-refractivity contribution in [1.82, 2.24) is 9.71 Å². The largest absolute Gasteiger partial charge is 0.497 e. The number of ether oxygens (including phenoxy) is 2. The SMILES string of the molecule is COc1ccc(Oc2cc(CNS(=O)(=O)c3ccc(F)cc3)ccn2)cc1. The Morgan fingerprint density at radius 3 is 2.33 bits per heavy atom. The summed E-state index contributed by atoms with van der Waals surface area (Å²) in [5.41, 5.74) is 0.666. The summed E-state index contributed by atoms with van der Waals surface area (Å²) < 4.78 is 50.7. The second kappa shape index (κ2) is 8.15. The first-order valence-electron chi connectivity index (χ1n) is 7.98. The third-order valence-corrected chi connectivity index (χ3v) is 5.09. The van der Waals surface area contributed by atoms with Crippen LogP contribution in [0.25, 0.3) is 0 Å². The number of hydrogen-bond donors (Lipinski definition) is 1. The minimum absolute atomic E-state index is 0.00679. The number of hydrogen-bond acceptors (Lipinski definition) is 5. The van der Waals surface area contributed by atoms with Gasteiger partial charge in [0.15, 0.2) is 0 Å². The summed E-state index contributed by atoms with van der Waals surface area (Å²) in [5, 5.41) is 0. The van der Waals surface area contributed by atoms with Gasteiger partial charge in [-0.1, -0.05) is 0 Å². The maximum atomic E-state index is 12.9. The average molecular weight is 388 g/mol. The summed E-state index contributed by atoms with van der Waals surface area (Å²) in [6.07, 6.45) is 1.53. The number of methoxy groups -OCH3 is 1. The van der Waals surface area contributed by atoms with Gasteiger partial charge in [-0.2, -0.15) is 0 Å². The van der Waals surface area contributed by atoms with Gasteiger partial charge in [-0.3, -0.25) is 0 Å². The Kier molecular flexibility index (Phi) is 5.68. The van der Waals surface area contributed by atoms with Gasteiger partial charge >= 0.3 is 0 Å². The van der Waals surface area contributed by atoms with Crippen LogP contribution < -0.4 is 14.2 Å². The molecule has 27 heavy (non-hydrogen) atoms. The van der Waals surface area contributed by atoms with Crippen LogP contribution in [0.3, 0.4) is 0 Å². The number of benzene rings is 2. The normalized spacial score (nSPS) is 11.2. The molecule has 3 aromatic rings. The van der Waals surface area contributed by atoms with Gasteiger partial charge in [-0.05, 0) is 60.2 Å². The molecule has 0 unspecified atom stereocenters. The van der Waals surface area contributed by atoms with Crippen LogP contribution in [0.4, 0.5) is 4.39 Å². The van der Waals surface area contributed by atoms with E-state index in [1.807, 2.05) is 0 Å². The molecule has 0 spiro atoms. The Morgan fingerprint density at radius 2 is 1.67 bits per heavy atom. The summed E-state index contributed by atoms with van der Waals surface area (Å²) in [6.45, 7) is 0.0429. The Bertz CT molecular complexity index is 1010. The third kappa shape index (κ3) is 5.02. The van der Waals surface area contributed by atoms with Crippen molar-refractivity contribution in [1.29, 1.82) is 0 Å². The Balaban J connectivity index is 1.67. The van der Waals surface area contributed by atoms with Crippen molar-refractivity contribution in [3.05, 3.63) is 78.2 Å². The van der Waals surface area contributed by atoms with Crippen LogP contribution in [0.15, 0.2) is 71.8 Å². The van der Waals surface area contributed by atoms with E-state index < -0.39 is 15.8 Å². The summed E-state index contributed by atoms with van der Waals surface area (Å²) in [4.78, 5) is 4.11. The number of rotatable bonds is 7. The Labute approximate surface area is 156 Å². The van der Waals surface area contributed by atoms with Crippen molar-refractivity contribution in [2.24, 2.45) is 0 Å². The van der Waals surface area contributed by atoms with E-state index in [0.29, 0.717) is 22.9 Å². The molecule has 1 aromatic heterocycles. The summed E-state index contributed by atoms with van der Waals surface area (Å²) in [5.74, 6) is 1.12. The maximum Gasteiger partial charge on any atom is 0.240 e. The van der Waals surface area contributed by atoms with Gasteiger partial charge in [0.05, 0.1) is 12.0 Å². The smallest absolute Gasteiger partial charge is 0.240 e. The summed E-state index contributed by atoms with van der Waals surface area (Å²) in [7, 11) is -2.17. The lowest BCUT2D eigenvalue weighted by molar-refractivity contribution is 0.412. The molecule has 6 nitrogen and oxygen atoms in total. The Hall–Kier alpha value is -2.97. The van der Waals surface area contributed by atoms with Gasteiger partial charge < -0.3 is 9.47 Å². The zero-order valence-electron chi connectivity index (χ0n) is 14.4. The highest BCUT2D eigenvalue weighted by molar-refractivity contribution is 7.89. The highest BCUT2D eigenvalue weighted by Gasteiger charge is 2.14. The summed E-state index contributed by atoms with van der Waals surface area (Å²) in [6, 6.07) is 14.9. The third-order valence-electron chi connectivity index (χ3n) is 3.67. The molecular weight excluding hydrogens is 371 g/mol. The molecule has 140 valence electrons. The fourth-order valence-electron chi connectivity index (χ4n) is 2.26. The van der Waals surface area contributed by atoms with Crippen molar-refractivity contribution in [2.45, 2.75) is 11.4 Å². The fraction of sp³-hybridized carbons (Fsp3) is 0.105. The molecule has 3 rings (SSSR count). The van der Waals surface area contributed by atoms with Crippen LogP contribution >= 0.6 is 0 Å². The van der Waals surface area contributed by atoms with E-state index in [9.17, 15) is 12.8 Å². The monoisotopic (exact) mass is 388 g/mol. The summed E-state index contributed by atoms with van der Waals surface area (Å²) >= 11 is 0. The first-order chi connectivity index (χ1) is 13.0. The number of aromatic nitrogens is 1. The van der Waals surface area contributed by atoms with E-state index in [-0.39, 0.29) is 11.4 Å². The van der Waals surface area contributed by atoms with Gasteiger partial charge in [-0.15, -0.1) is 0 Å². The molecule has 0 aliphatic carbocycles. The lowest BCUT2D eigenvalue weighted by Crippen LogP contribution is -2.23. The van der Waals surface area contributed by atoms with Gasteiger partial charge in [0.25, 0.3) is 0 Å². The van der Waals surface area contributed by atoms with Crippen LogP contribution in [-0.4, -0.2) is 20.5 Å². The van der Waals surface area contributed by atoms with Gasteiger partial charge in [0.1, 0.15) is 17.3 Å². The minimum Gasteiger partial charge on any atom is -0.497 e. The van der Waals surface area contributed by atoms with Crippen molar-refractivity contribution < 1.29 is 22.3 Å². The number of halogens is 1. The number of nitrogens with zero attached hydrogens (tertiary/aromatic N) is 1. The number of sulfonamides is 1. The molecule has 1 N–H and O–H groups in total. The molecule has 0 saturated carbocycles. The van der Waals surface area contributed by atoms with Gasteiger partial charge in [0.2, 0.25) is 15.9 Å².